The first kappa shape index (κ1) is 28.0. The Labute approximate surface area is 253 Å². The fraction of sp³-hybridized carbons (Fsp3) is 0.367. The normalized spacial score (nSPS) is 17.0. The number of fused-ring (bicyclic) bond motifs is 1. The molecule has 0 bridgehead atoms. The second-order valence-corrected chi connectivity index (χ2v) is 11.5. The van der Waals surface area contributed by atoms with Gasteiger partial charge in [0.05, 0.1) is 46.3 Å². The third-order valence-corrected chi connectivity index (χ3v) is 8.77. The molecule has 0 saturated carbocycles. The molecule has 12 heteroatoms. The average molecular weight is 604 g/mol. The molecule has 0 aliphatic carbocycles. The molecule has 4 aromatic rings. The number of nitrogens with zero attached hydrogens (tertiary/aromatic N) is 7. The number of ether oxygens (including phenoxy) is 2. The second-order valence-electron chi connectivity index (χ2n) is 10.7. The molecular weight excluding hydrogens is 575 g/mol. The van der Waals surface area contributed by atoms with Gasteiger partial charge in [0, 0.05) is 54.3 Å². The van der Waals surface area contributed by atoms with Gasteiger partial charge in [-0.3, -0.25) is 15.0 Å². The Morgan fingerprint density at radius 1 is 1.07 bits per heavy atom. The molecular formula is C30H28Cl2N8O2. The van der Waals surface area contributed by atoms with Crippen LogP contribution in [-0.2, 0) is 0 Å². The lowest BCUT2D eigenvalue weighted by Crippen LogP contribution is -2.70. The number of nitriles is 2. The van der Waals surface area contributed by atoms with Gasteiger partial charge in [-0.15, -0.1) is 0 Å². The number of nitrogens with one attached hydrogen (secondary N) is 1. The van der Waals surface area contributed by atoms with Gasteiger partial charge in [-0.1, -0.05) is 23.2 Å². The molecule has 3 aromatic heterocycles. The Hall–Kier alpha value is -4.09. The van der Waals surface area contributed by atoms with Crippen molar-refractivity contribution in [1.29, 1.82) is 10.5 Å². The van der Waals surface area contributed by atoms with E-state index < -0.39 is 6.10 Å². The Morgan fingerprint density at radius 2 is 1.81 bits per heavy atom. The van der Waals surface area contributed by atoms with Crippen molar-refractivity contribution in [2.75, 3.05) is 38.2 Å². The Morgan fingerprint density at radius 3 is 2.48 bits per heavy atom. The van der Waals surface area contributed by atoms with E-state index in [0.717, 1.165) is 36.8 Å². The fourth-order valence-corrected chi connectivity index (χ4v) is 6.72. The van der Waals surface area contributed by atoms with E-state index in [-0.39, 0.29) is 5.54 Å². The summed E-state index contributed by atoms with van der Waals surface area (Å²) in [4.78, 5) is 13.2. The van der Waals surface area contributed by atoms with Crippen molar-refractivity contribution in [1.82, 2.24) is 25.1 Å². The molecule has 1 aromatic carbocycles. The Balaban J connectivity index is 1.30. The molecule has 2 aliphatic rings. The van der Waals surface area contributed by atoms with Gasteiger partial charge in [0.1, 0.15) is 23.7 Å². The number of H-pyrrole nitrogens is 1. The number of aromatic nitrogens is 4. The lowest BCUT2D eigenvalue weighted by molar-refractivity contribution is 0.0865. The second kappa shape index (κ2) is 11.3. The number of pyridine rings is 2. The number of aromatic amines is 1. The Bertz CT molecular complexity index is 1710. The molecule has 0 spiro atoms. The van der Waals surface area contributed by atoms with Crippen LogP contribution in [0.15, 0.2) is 36.8 Å². The first-order valence-electron chi connectivity index (χ1n) is 13.7. The van der Waals surface area contributed by atoms with E-state index in [0.29, 0.717) is 69.3 Å². The van der Waals surface area contributed by atoms with Crippen molar-refractivity contribution in [3.8, 4) is 34.9 Å². The van der Waals surface area contributed by atoms with Crippen LogP contribution in [0.1, 0.15) is 43.4 Å². The first-order valence-corrected chi connectivity index (χ1v) is 14.4. The van der Waals surface area contributed by atoms with Gasteiger partial charge < -0.3 is 14.4 Å². The number of hydrogen-bond acceptors (Lipinski definition) is 9. The highest BCUT2D eigenvalue weighted by Gasteiger charge is 2.49. The maximum atomic E-state index is 10.1. The van der Waals surface area contributed by atoms with E-state index in [1.165, 1.54) is 12.4 Å². The van der Waals surface area contributed by atoms with Gasteiger partial charge in [0.2, 0.25) is 0 Å². The molecule has 10 nitrogen and oxygen atoms in total. The molecule has 1 N–H and O–H groups in total. The summed E-state index contributed by atoms with van der Waals surface area (Å²) in [6.07, 6.45) is 7.07. The van der Waals surface area contributed by atoms with Gasteiger partial charge in [-0.05, 0) is 45.0 Å². The van der Waals surface area contributed by atoms with E-state index in [9.17, 15) is 10.5 Å². The molecule has 6 rings (SSSR count). The first-order chi connectivity index (χ1) is 20.4. The number of halogens is 2. The highest BCUT2D eigenvalue weighted by molar-refractivity contribution is 6.35. The number of likely N-dealkylation sites (tertiary alicyclic amines) is 1. The minimum Gasteiger partial charge on any atom is -0.493 e. The molecule has 42 heavy (non-hydrogen) atoms. The predicted molar refractivity (Wildman–Crippen MR) is 160 cm³/mol. The van der Waals surface area contributed by atoms with Gasteiger partial charge in [-0.25, -0.2) is 4.98 Å². The van der Waals surface area contributed by atoms with E-state index >= 15 is 0 Å². The van der Waals surface area contributed by atoms with Crippen molar-refractivity contribution in [2.24, 2.45) is 0 Å². The lowest BCUT2D eigenvalue weighted by Gasteiger charge is -2.54. The Kier molecular flexibility index (Phi) is 7.54. The van der Waals surface area contributed by atoms with Crippen LogP contribution in [0.5, 0.6) is 11.5 Å². The minimum atomic E-state index is -0.494. The zero-order chi connectivity index (χ0) is 29.4. The summed E-state index contributed by atoms with van der Waals surface area (Å²) in [5.41, 5.74) is 2.95. The van der Waals surface area contributed by atoms with Crippen molar-refractivity contribution >= 4 is 39.9 Å². The summed E-state index contributed by atoms with van der Waals surface area (Å²) in [6.45, 7) is 5.22. The van der Waals surface area contributed by atoms with Crippen LogP contribution in [-0.4, -0.2) is 63.9 Å². The molecule has 0 radical (unpaired) electrons. The molecule has 1 atom stereocenters. The van der Waals surface area contributed by atoms with Crippen molar-refractivity contribution < 1.29 is 9.47 Å². The zero-order valence-corrected chi connectivity index (χ0v) is 24.7. The van der Waals surface area contributed by atoms with Crippen LogP contribution in [0.4, 0.5) is 5.82 Å². The van der Waals surface area contributed by atoms with Crippen molar-refractivity contribution in [3.05, 3.63) is 58.0 Å². The quantitative estimate of drug-likeness (QED) is 0.261. The monoisotopic (exact) mass is 602 g/mol. The molecule has 2 fully saturated rings. The van der Waals surface area contributed by atoms with Crippen LogP contribution in [0.2, 0.25) is 10.0 Å². The summed E-state index contributed by atoms with van der Waals surface area (Å²) < 4.78 is 11.9. The predicted octanol–water partition coefficient (Wildman–Crippen LogP) is 5.92. The molecule has 214 valence electrons. The summed E-state index contributed by atoms with van der Waals surface area (Å²) in [6, 6.07) is 10.1. The molecule has 2 aliphatic heterocycles. The minimum absolute atomic E-state index is 0.173. The standard InChI is InChI=1S/C30H28Cl2N8O2/c1-18(27-22(31)14-35-15-23(27)32)42-26-10-21-24(11-25(26)41-2)37-38-28(21)20-9-19(12-34)29(36-13-20)39-16-30(17-39,5-6-33)40-7-3-4-8-40/h9-11,13-15,18H,3-5,7-8,16-17H2,1-2H3,(H,37,38)/t18-/m1/s1. The summed E-state index contributed by atoms with van der Waals surface area (Å²) >= 11 is 12.7. The third-order valence-electron chi connectivity index (χ3n) is 8.16. The fourth-order valence-electron chi connectivity index (χ4n) is 6.05. The topological polar surface area (TPSA) is 127 Å². The van der Waals surface area contributed by atoms with Crippen molar-refractivity contribution in [3.63, 3.8) is 0 Å². The molecule has 5 heterocycles. The number of methoxy groups -OCH3 is 1. The van der Waals surface area contributed by atoms with Gasteiger partial charge >= 0.3 is 0 Å². The number of anilines is 1. The van der Waals surface area contributed by atoms with Gasteiger partial charge in [0.25, 0.3) is 0 Å². The molecule has 2 saturated heterocycles. The number of rotatable bonds is 8. The van der Waals surface area contributed by atoms with Crippen LogP contribution in [0, 0.1) is 22.7 Å². The van der Waals surface area contributed by atoms with Crippen LogP contribution in [0.25, 0.3) is 22.2 Å². The largest absolute Gasteiger partial charge is 0.493 e. The van der Waals surface area contributed by atoms with Crippen LogP contribution < -0.4 is 14.4 Å². The summed E-state index contributed by atoms with van der Waals surface area (Å²) in [5, 5.41) is 28.7. The SMILES string of the molecule is COc1cc2[nH]nc(-c3cnc(N4CC(CC#N)(N5CCCC5)C4)c(C#N)c3)c2cc1O[C@H](C)c1c(Cl)cncc1Cl. The van der Waals surface area contributed by atoms with Gasteiger partial charge in [-0.2, -0.15) is 15.6 Å². The summed E-state index contributed by atoms with van der Waals surface area (Å²) in [7, 11) is 1.56. The number of benzene rings is 1. The van der Waals surface area contributed by atoms with E-state index in [2.05, 4.69) is 37.1 Å². The highest BCUT2D eigenvalue weighted by atomic mass is 35.5. The maximum Gasteiger partial charge on any atom is 0.162 e. The number of hydrogen-bond donors (Lipinski definition) is 1. The molecule has 0 amide bonds. The van der Waals surface area contributed by atoms with Crippen LogP contribution in [0.3, 0.4) is 0 Å². The third kappa shape index (κ3) is 4.86. The zero-order valence-electron chi connectivity index (χ0n) is 23.2. The maximum absolute atomic E-state index is 10.1. The lowest BCUT2D eigenvalue weighted by atomic mass is 9.84. The molecule has 0 unspecified atom stereocenters. The van der Waals surface area contributed by atoms with E-state index in [1.54, 1.807) is 13.3 Å². The van der Waals surface area contributed by atoms with E-state index in [4.69, 9.17) is 37.7 Å². The van der Waals surface area contributed by atoms with E-state index in [1.807, 2.05) is 25.1 Å². The highest BCUT2D eigenvalue weighted by Crippen LogP contribution is 2.41. The van der Waals surface area contributed by atoms with Crippen molar-refractivity contribution in [2.45, 2.75) is 37.8 Å². The smallest absolute Gasteiger partial charge is 0.162 e. The van der Waals surface area contributed by atoms with Gasteiger partial charge in [0.15, 0.2) is 11.5 Å². The average Bonchev–Trinajstić information content (AvgIpc) is 3.65. The van der Waals surface area contributed by atoms with Crippen LogP contribution >= 0.6 is 23.2 Å². The summed E-state index contributed by atoms with van der Waals surface area (Å²) in [5.74, 6) is 1.61.